The fourth-order valence-corrected chi connectivity index (χ4v) is 4.09. The first kappa shape index (κ1) is 24.3. The van der Waals surface area contributed by atoms with Crippen molar-refractivity contribution in [3.63, 3.8) is 0 Å². The van der Waals surface area contributed by atoms with Gasteiger partial charge in [-0.2, -0.15) is 5.10 Å². The molecule has 0 saturated carbocycles. The molecule has 1 atom stereocenters. The van der Waals surface area contributed by atoms with E-state index in [4.69, 9.17) is 16.2 Å². The van der Waals surface area contributed by atoms with Crippen LogP contribution in [0.5, 0.6) is 0 Å². The molecule has 184 valence electrons. The number of aryl methyl sites for hydroxylation is 1. The SMILES string of the molecule is Cc1ccc(F)cc1C(=O)NCc1cc(F)c(-c2nn(C3CCCOC3)c(N)c2C(N)=O)cc1F. The van der Waals surface area contributed by atoms with Crippen molar-refractivity contribution >= 4 is 17.6 Å². The van der Waals surface area contributed by atoms with E-state index in [2.05, 4.69) is 10.4 Å². The van der Waals surface area contributed by atoms with Gasteiger partial charge in [-0.05, 0) is 49.6 Å². The standard InChI is InChI=1S/C24H24F3N5O3/c1-12-4-5-14(25)8-16(12)24(34)30-10-13-7-19(27)17(9-18(13)26)21-20(23(29)33)22(28)32(31-21)15-3-2-6-35-11-15/h4-5,7-9,15H,2-3,6,10-11,28H2,1H3,(H2,29,33)(H,30,34). The number of amides is 2. The van der Waals surface area contributed by atoms with Crippen LogP contribution in [0.3, 0.4) is 0 Å². The molecule has 0 radical (unpaired) electrons. The lowest BCUT2D eigenvalue weighted by Crippen LogP contribution is -2.24. The van der Waals surface area contributed by atoms with Gasteiger partial charge < -0.3 is 21.5 Å². The summed E-state index contributed by atoms with van der Waals surface area (Å²) in [6.45, 7) is 2.17. The van der Waals surface area contributed by atoms with Crippen molar-refractivity contribution in [1.82, 2.24) is 15.1 Å². The van der Waals surface area contributed by atoms with Crippen LogP contribution in [-0.2, 0) is 11.3 Å². The fraction of sp³-hybridized carbons (Fsp3) is 0.292. The number of carbonyl (C=O) groups excluding carboxylic acids is 2. The number of hydrogen-bond donors (Lipinski definition) is 3. The highest BCUT2D eigenvalue weighted by atomic mass is 19.1. The average molecular weight is 487 g/mol. The van der Waals surface area contributed by atoms with E-state index in [1.54, 1.807) is 6.92 Å². The molecule has 8 nitrogen and oxygen atoms in total. The lowest BCUT2D eigenvalue weighted by Gasteiger charge is -2.23. The van der Waals surface area contributed by atoms with Crippen LogP contribution in [0.1, 0.15) is 50.7 Å². The number of carbonyl (C=O) groups is 2. The largest absolute Gasteiger partial charge is 0.383 e. The zero-order chi connectivity index (χ0) is 25.3. The molecule has 2 heterocycles. The summed E-state index contributed by atoms with van der Waals surface area (Å²) < 4.78 is 50.3. The maximum absolute atomic E-state index is 15.1. The Morgan fingerprint density at radius 2 is 1.97 bits per heavy atom. The van der Waals surface area contributed by atoms with Crippen molar-refractivity contribution in [2.75, 3.05) is 18.9 Å². The molecule has 1 aromatic heterocycles. The molecule has 2 amide bonds. The van der Waals surface area contributed by atoms with Gasteiger partial charge in [0.05, 0.1) is 12.6 Å². The van der Waals surface area contributed by atoms with Crippen LogP contribution in [0.25, 0.3) is 11.3 Å². The summed E-state index contributed by atoms with van der Waals surface area (Å²) in [7, 11) is 0. The Bertz CT molecular complexity index is 1300. The van der Waals surface area contributed by atoms with Gasteiger partial charge >= 0.3 is 0 Å². The zero-order valence-electron chi connectivity index (χ0n) is 18.9. The minimum Gasteiger partial charge on any atom is -0.383 e. The number of hydrogen-bond acceptors (Lipinski definition) is 5. The summed E-state index contributed by atoms with van der Waals surface area (Å²) in [5.41, 5.74) is 11.4. The van der Waals surface area contributed by atoms with E-state index in [0.717, 1.165) is 24.6 Å². The number of nitrogen functional groups attached to an aromatic ring is 1. The summed E-state index contributed by atoms with van der Waals surface area (Å²) >= 11 is 0. The van der Waals surface area contributed by atoms with Crippen LogP contribution in [0.4, 0.5) is 19.0 Å². The first-order chi connectivity index (χ1) is 16.7. The first-order valence-electron chi connectivity index (χ1n) is 11.0. The number of halogens is 3. The van der Waals surface area contributed by atoms with Gasteiger partial charge in [0.2, 0.25) is 0 Å². The molecule has 3 aromatic rings. The Balaban J connectivity index is 1.63. The van der Waals surface area contributed by atoms with Crippen molar-refractivity contribution in [2.45, 2.75) is 32.4 Å². The van der Waals surface area contributed by atoms with Crippen LogP contribution in [0.15, 0.2) is 30.3 Å². The van der Waals surface area contributed by atoms with Gasteiger partial charge in [0, 0.05) is 29.8 Å². The summed E-state index contributed by atoms with van der Waals surface area (Å²) in [6.07, 6.45) is 1.44. The fourth-order valence-electron chi connectivity index (χ4n) is 4.09. The summed E-state index contributed by atoms with van der Waals surface area (Å²) in [5.74, 6) is -3.94. The Kier molecular flexibility index (Phi) is 6.79. The third kappa shape index (κ3) is 4.85. The zero-order valence-corrected chi connectivity index (χ0v) is 18.9. The minimum absolute atomic E-state index is 0.0513. The monoisotopic (exact) mass is 487 g/mol. The third-order valence-electron chi connectivity index (χ3n) is 5.95. The second-order valence-electron chi connectivity index (χ2n) is 8.35. The van der Waals surface area contributed by atoms with Gasteiger partial charge in [0.1, 0.15) is 34.5 Å². The maximum atomic E-state index is 15.1. The van der Waals surface area contributed by atoms with E-state index < -0.39 is 29.3 Å². The van der Waals surface area contributed by atoms with Crippen molar-refractivity contribution in [2.24, 2.45) is 5.73 Å². The van der Waals surface area contributed by atoms with E-state index >= 15 is 4.39 Å². The minimum atomic E-state index is -0.929. The van der Waals surface area contributed by atoms with Crippen molar-refractivity contribution in [1.29, 1.82) is 0 Å². The van der Waals surface area contributed by atoms with E-state index in [9.17, 15) is 18.4 Å². The predicted molar refractivity (Wildman–Crippen MR) is 122 cm³/mol. The molecule has 0 aliphatic carbocycles. The molecule has 4 rings (SSSR count). The molecule has 35 heavy (non-hydrogen) atoms. The number of aromatic nitrogens is 2. The van der Waals surface area contributed by atoms with Crippen molar-refractivity contribution in [3.05, 3.63) is 70.0 Å². The van der Waals surface area contributed by atoms with Crippen molar-refractivity contribution < 1.29 is 27.5 Å². The van der Waals surface area contributed by atoms with Gasteiger partial charge in [0.25, 0.3) is 11.8 Å². The molecule has 0 bridgehead atoms. The molecular weight excluding hydrogens is 463 g/mol. The molecule has 1 saturated heterocycles. The highest BCUT2D eigenvalue weighted by molar-refractivity contribution is 6.03. The van der Waals surface area contributed by atoms with E-state index in [-0.39, 0.29) is 46.4 Å². The van der Waals surface area contributed by atoms with E-state index in [0.29, 0.717) is 25.2 Å². The molecular formula is C24H24F3N5O3. The van der Waals surface area contributed by atoms with Crippen LogP contribution < -0.4 is 16.8 Å². The topological polar surface area (TPSA) is 125 Å². The molecule has 1 aliphatic heterocycles. The van der Waals surface area contributed by atoms with Crippen LogP contribution >= 0.6 is 0 Å². The second kappa shape index (κ2) is 9.79. The number of benzene rings is 2. The van der Waals surface area contributed by atoms with Crippen LogP contribution in [0.2, 0.25) is 0 Å². The van der Waals surface area contributed by atoms with Gasteiger partial charge in [-0.25, -0.2) is 17.9 Å². The second-order valence-corrected chi connectivity index (χ2v) is 8.35. The Morgan fingerprint density at radius 3 is 2.66 bits per heavy atom. The van der Waals surface area contributed by atoms with Gasteiger partial charge in [-0.1, -0.05) is 6.07 Å². The van der Waals surface area contributed by atoms with Crippen LogP contribution in [0, 0.1) is 24.4 Å². The molecule has 5 N–H and O–H groups in total. The van der Waals surface area contributed by atoms with Crippen molar-refractivity contribution in [3.8, 4) is 11.3 Å². The Hall–Kier alpha value is -3.86. The molecule has 2 aromatic carbocycles. The number of nitrogens with one attached hydrogen (secondary N) is 1. The molecule has 1 aliphatic rings. The predicted octanol–water partition coefficient (Wildman–Crippen LogP) is 3.24. The number of nitrogens with zero attached hydrogens (tertiary/aromatic N) is 2. The average Bonchev–Trinajstić information content (AvgIpc) is 3.18. The Morgan fingerprint density at radius 1 is 1.20 bits per heavy atom. The maximum Gasteiger partial charge on any atom is 0.254 e. The van der Waals surface area contributed by atoms with Gasteiger partial charge in [-0.3, -0.25) is 9.59 Å². The van der Waals surface area contributed by atoms with E-state index in [1.165, 1.54) is 16.8 Å². The number of nitrogens with two attached hydrogens (primary N) is 2. The first-order valence-corrected chi connectivity index (χ1v) is 11.0. The summed E-state index contributed by atoms with van der Waals surface area (Å²) in [5, 5.41) is 6.74. The molecule has 1 unspecified atom stereocenters. The number of rotatable bonds is 6. The third-order valence-corrected chi connectivity index (χ3v) is 5.95. The number of anilines is 1. The quantitative estimate of drug-likeness (QED) is 0.492. The lowest BCUT2D eigenvalue weighted by molar-refractivity contribution is 0.0558. The molecule has 11 heteroatoms. The van der Waals surface area contributed by atoms with Gasteiger partial charge in [0.15, 0.2) is 0 Å². The highest BCUT2D eigenvalue weighted by Gasteiger charge is 2.28. The number of ether oxygens (including phenoxy) is 1. The van der Waals surface area contributed by atoms with Gasteiger partial charge in [-0.15, -0.1) is 0 Å². The normalized spacial score (nSPS) is 15.7. The molecule has 1 fully saturated rings. The highest BCUT2D eigenvalue weighted by Crippen LogP contribution is 2.33. The Labute approximate surface area is 199 Å². The summed E-state index contributed by atoms with van der Waals surface area (Å²) in [6, 6.07) is 5.22. The lowest BCUT2D eigenvalue weighted by atomic mass is 10.0. The molecule has 0 spiro atoms. The van der Waals surface area contributed by atoms with Crippen LogP contribution in [-0.4, -0.2) is 34.8 Å². The summed E-state index contributed by atoms with van der Waals surface area (Å²) in [4.78, 5) is 24.5. The van der Waals surface area contributed by atoms with E-state index in [1.807, 2.05) is 0 Å². The number of primary amides is 1. The smallest absolute Gasteiger partial charge is 0.254 e.